The molecule has 0 fully saturated rings. The minimum atomic E-state index is -3.67. The van der Waals surface area contributed by atoms with E-state index >= 15 is 0 Å². The highest BCUT2D eigenvalue weighted by molar-refractivity contribution is 7.92. The average Bonchev–Trinajstić information content (AvgIpc) is 2.74. The smallest absolute Gasteiger partial charge is 0.263 e. The summed E-state index contributed by atoms with van der Waals surface area (Å²) < 4.78 is 28.5. The first-order chi connectivity index (χ1) is 9.92. The van der Waals surface area contributed by atoms with Gasteiger partial charge in [-0.25, -0.2) is 8.42 Å². The van der Waals surface area contributed by atoms with Crippen LogP contribution in [0.5, 0.6) is 0 Å². The molecule has 7 heteroatoms. The number of nitrogens with one attached hydrogen (secondary N) is 1. The lowest BCUT2D eigenvalue weighted by Gasteiger charge is -2.07. The first-order valence-corrected chi connectivity index (χ1v) is 7.64. The Labute approximate surface area is 123 Å². The molecule has 2 aromatic rings. The maximum Gasteiger partial charge on any atom is 0.263 e. The van der Waals surface area contributed by atoms with Crippen LogP contribution in [0.2, 0.25) is 0 Å². The van der Waals surface area contributed by atoms with Crippen LogP contribution in [0.25, 0.3) is 0 Å². The van der Waals surface area contributed by atoms with E-state index < -0.39 is 10.0 Å². The van der Waals surface area contributed by atoms with Gasteiger partial charge in [0.2, 0.25) is 0 Å². The molecule has 1 aromatic heterocycles. The van der Waals surface area contributed by atoms with E-state index in [-0.39, 0.29) is 11.5 Å². The molecule has 21 heavy (non-hydrogen) atoms. The molecule has 2 rings (SSSR count). The van der Waals surface area contributed by atoms with Gasteiger partial charge < -0.3 is 5.11 Å². The van der Waals surface area contributed by atoms with E-state index in [0.717, 1.165) is 5.69 Å². The highest BCUT2D eigenvalue weighted by Gasteiger charge is 2.16. The largest absolute Gasteiger partial charge is 0.384 e. The quantitative estimate of drug-likeness (QED) is 0.824. The molecule has 1 aromatic carbocycles. The SMILES string of the molecule is Cc1cc(NS(=O)(=O)c2ccc(C#CCO)cc2)n(C)n1. The number of hydrogen-bond donors (Lipinski definition) is 2. The first-order valence-electron chi connectivity index (χ1n) is 6.15. The summed E-state index contributed by atoms with van der Waals surface area (Å²) in [5.41, 5.74) is 1.37. The molecule has 1 heterocycles. The van der Waals surface area contributed by atoms with Crippen LogP contribution in [0.15, 0.2) is 35.2 Å². The Hall–Kier alpha value is -2.30. The number of aryl methyl sites for hydroxylation is 2. The predicted octanol–water partition coefficient (Wildman–Crippen LogP) is 0.873. The molecule has 0 bridgehead atoms. The van der Waals surface area contributed by atoms with E-state index in [4.69, 9.17) is 5.11 Å². The van der Waals surface area contributed by atoms with Crippen LogP contribution in [0.4, 0.5) is 5.82 Å². The molecule has 6 nitrogen and oxygen atoms in total. The summed E-state index contributed by atoms with van der Waals surface area (Å²) >= 11 is 0. The van der Waals surface area contributed by atoms with Gasteiger partial charge in [-0.15, -0.1) is 0 Å². The van der Waals surface area contributed by atoms with Crippen molar-refractivity contribution in [3.05, 3.63) is 41.6 Å². The van der Waals surface area contributed by atoms with Crippen molar-refractivity contribution in [2.24, 2.45) is 7.05 Å². The molecule has 0 aliphatic rings. The number of hydrogen-bond acceptors (Lipinski definition) is 4. The Morgan fingerprint density at radius 2 is 2.00 bits per heavy atom. The van der Waals surface area contributed by atoms with E-state index in [9.17, 15) is 8.42 Å². The predicted molar refractivity (Wildman–Crippen MR) is 79.2 cm³/mol. The molecule has 0 amide bonds. The van der Waals surface area contributed by atoms with Gasteiger partial charge in [0.1, 0.15) is 12.4 Å². The van der Waals surface area contributed by atoms with Gasteiger partial charge >= 0.3 is 0 Å². The normalized spacial score (nSPS) is 10.8. The lowest BCUT2D eigenvalue weighted by molar-refractivity contribution is 0.350. The molecule has 0 saturated heterocycles. The Balaban J connectivity index is 2.25. The van der Waals surface area contributed by atoms with Gasteiger partial charge in [0, 0.05) is 18.7 Å². The lowest BCUT2D eigenvalue weighted by Crippen LogP contribution is -2.15. The number of anilines is 1. The monoisotopic (exact) mass is 305 g/mol. The molecule has 2 N–H and O–H groups in total. The van der Waals surface area contributed by atoms with Gasteiger partial charge in [0.25, 0.3) is 10.0 Å². The van der Waals surface area contributed by atoms with E-state index in [0.29, 0.717) is 11.4 Å². The summed E-state index contributed by atoms with van der Waals surface area (Å²) in [4.78, 5) is 0.135. The van der Waals surface area contributed by atoms with Gasteiger partial charge in [0.15, 0.2) is 0 Å². The zero-order valence-corrected chi connectivity index (χ0v) is 12.5. The standard InChI is InChI=1S/C14H15N3O3S/c1-11-10-14(17(2)15-11)16-21(19,20)13-7-5-12(6-8-13)4-3-9-18/h5-8,10,16,18H,9H2,1-2H3. The van der Waals surface area contributed by atoms with E-state index in [1.54, 1.807) is 32.2 Å². The van der Waals surface area contributed by atoms with E-state index in [1.165, 1.54) is 16.8 Å². The van der Waals surface area contributed by atoms with Gasteiger partial charge in [-0.1, -0.05) is 11.8 Å². The highest BCUT2D eigenvalue weighted by Crippen LogP contribution is 2.16. The first kappa shape index (κ1) is 15.1. The average molecular weight is 305 g/mol. The van der Waals surface area contributed by atoms with Crippen LogP contribution in [0.3, 0.4) is 0 Å². The van der Waals surface area contributed by atoms with Crippen molar-refractivity contribution in [2.75, 3.05) is 11.3 Å². The number of benzene rings is 1. The zero-order valence-electron chi connectivity index (χ0n) is 11.7. The third-order valence-electron chi connectivity index (χ3n) is 2.72. The van der Waals surface area contributed by atoms with Crippen LogP contribution in [0.1, 0.15) is 11.3 Å². The second kappa shape index (κ2) is 5.99. The number of aromatic nitrogens is 2. The molecule has 0 radical (unpaired) electrons. The summed E-state index contributed by atoms with van der Waals surface area (Å²) in [6.07, 6.45) is 0. The van der Waals surface area contributed by atoms with Crippen molar-refractivity contribution in [2.45, 2.75) is 11.8 Å². The van der Waals surface area contributed by atoms with Gasteiger partial charge in [-0.2, -0.15) is 5.10 Å². The van der Waals surface area contributed by atoms with Crippen molar-refractivity contribution in [3.63, 3.8) is 0 Å². The number of sulfonamides is 1. The molecule has 0 saturated carbocycles. The summed E-state index contributed by atoms with van der Waals surface area (Å²) in [5, 5.41) is 12.7. The van der Waals surface area contributed by atoms with Crippen molar-refractivity contribution in [3.8, 4) is 11.8 Å². The Bertz CT molecular complexity index is 796. The number of aliphatic hydroxyl groups excluding tert-OH is 1. The molecule has 0 aliphatic heterocycles. The van der Waals surface area contributed by atoms with Gasteiger partial charge in [0.05, 0.1) is 10.6 Å². The minimum Gasteiger partial charge on any atom is -0.384 e. The minimum absolute atomic E-state index is 0.135. The second-order valence-corrected chi connectivity index (χ2v) is 6.07. The summed E-state index contributed by atoms with van der Waals surface area (Å²) in [6.45, 7) is 1.55. The topological polar surface area (TPSA) is 84.2 Å². The molecule has 0 aliphatic carbocycles. The lowest BCUT2D eigenvalue weighted by atomic mass is 10.2. The van der Waals surface area contributed by atoms with E-state index in [1.807, 2.05) is 0 Å². The van der Waals surface area contributed by atoms with Crippen molar-refractivity contribution < 1.29 is 13.5 Å². The second-order valence-electron chi connectivity index (χ2n) is 4.38. The fraction of sp³-hybridized carbons (Fsp3) is 0.214. The Kier molecular flexibility index (Phi) is 4.31. The molecular weight excluding hydrogens is 290 g/mol. The van der Waals surface area contributed by atoms with E-state index in [2.05, 4.69) is 21.7 Å². The summed E-state index contributed by atoms with van der Waals surface area (Å²) in [5.74, 6) is 5.61. The van der Waals surface area contributed by atoms with Crippen molar-refractivity contribution >= 4 is 15.8 Å². The fourth-order valence-electron chi connectivity index (χ4n) is 1.76. The van der Waals surface area contributed by atoms with Crippen LogP contribution in [-0.4, -0.2) is 29.9 Å². The summed E-state index contributed by atoms with van der Waals surface area (Å²) in [7, 11) is -2.00. The third kappa shape index (κ3) is 3.62. The number of aliphatic hydroxyl groups is 1. The molecule has 110 valence electrons. The Morgan fingerprint density at radius 1 is 1.33 bits per heavy atom. The van der Waals surface area contributed by atoms with Crippen molar-refractivity contribution in [1.82, 2.24) is 9.78 Å². The molecule has 0 unspecified atom stereocenters. The highest BCUT2D eigenvalue weighted by atomic mass is 32.2. The van der Waals surface area contributed by atoms with Gasteiger partial charge in [-0.05, 0) is 31.2 Å². The number of rotatable bonds is 3. The third-order valence-corrected chi connectivity index (χ3v) is 4.09. The fourth-order valence-corrected chi connectivity index (χ4v) is 2.84. The summed E-state index contributed by atoms with van der Waals surface area (Å²) in [6, 6.07) is 7.76. The zero-order chi connectivity index (χ0) is 15.5. The molecule has 0 spiro atoms. The maximum absolute atomic E-state index is 12.3. The Morgan fingerprint density at radius 3 is 2.52 bits per heavy atom. The molecular formula is C14H15N3O3S. The van der Waals surface area contributed by atoms with Crippen LogP contribution in [0, 0.1) is 18.8 Å². The maximum atomic E-state index is 12.3. The van der Waals surface area contributed by atoms with Crippen LogP contribution in [-0.2, 0) is 17.1 Å². The van der Waals surface area contributed by atoms with Crippen LogP contribution < -0.4 is 4.72 Å². The van der Waals surface area contributed by atoms with Crippen molar-refractivity contribution in [1.29, 1.82) is 0 Å². The van der Waals surface area contributed by atoms with Gasteiger partial charge in [-0.3, -0.25) is 9.40 Å². The molecule has 0 atom stereocenters. The van der Waals surface area contributed by atoms with Crippen LogP contribution >= 0.6 is 0 Å². The number of nitrogens with zero attached hydrogens (tertiary/aromatic N) is 2.